The highest BCUT2D eigenvalue weighted by Gasteiger charge is 2.22. The van der Waals surface area contributed by atoms with E-state index in [1.54, 1.807) is 6.33 Å². The first-order valence-electron chi connectivity index (χ1n) is 8.87. The molecule has 2 aromatic heterocycles. The number of fused-ring (bicyclic) bond motifs is 3. The number of aryl methyl sites for hydroxylation is 1. The third-order valence-electron chi connectivity index (χ3n) is 4.60. The van der Waals surface area contributed by atoms with Crippen molar-refractivity contribution in [2.24, 2.45) is 5.92 Å². The zero-order valence-corrected chi connectivity index (χ0v) is 16.0. The van der Waals surface area contributed by atoms with Gasteiger partial charge in [0.15, 0.2) is 0 Å². The van der Waals surface area contributed by atoms with Gasteiger partial charge in [0.2, 0.25) is 0 Å². The van der Waals surface area contributed by atoms with Gasteiger partial charge in [0.05, 0.1) is 6.61 Å². The van der Waals surface area contributed by atoms with Crippen molar-refractivity contribution in [3.63, 3.8) is 0 Å². The van der Waals surface area contributed by atoms with Crippen molar-refractivity contribution < 1.29 is 4.74 Å². The molecule has 1 atom stereocenters. The lowest BCUT2D eigenvalue weighted by Gasteiger charge is -2.18. The van der Waals surface area contributed by atoms with Crippen molar-refractivity contribution in [2.45, 2.75) is 37.6 Å². The Labute approximate surface area is 156 Å². The third-order valence-corrected chi connectivity index (χ3v) is 6.83. The van der Waals surface area contributed by atoms with Gasteiger partial charge in [0.1, 0.15) is 21.9 Å². The molecular formula is C20H22N2OS2. The zero-order valence-electron chi connectivity index (χ0n) is 14.4. The number of aromatic nitrogens is 2. The Hall–Kier alpha value is -1.59. The highest BCUT2D eigenvalue weighted by Crippen LogP contribution is 2.40. The molecule has 3 nitrogen and oxygen atoms in total. The zero-order chi connectivity index (χ0) is 17.1. The summed E-state index contributed by atoms with van der Waals surface area (Å²) in [6.45, 7) is 3.09. The van der Waals surface area contributed by atoms with Gasteiger partial charge in [0, 0.05) is 16.0 Å². The Kier molecular flexibility index (Phi) is 5.22. The van der Waals surface area contributed by atoms with Gasteiger partial charge in [0.25, 0.3) is 0 Å². The summed E-state index contributed by atoms with van der Waals surface area (Å²) in [5, 5.41) is 2.47. The van der Waals surface area contributed by atoms with E-state index in [0.717, 1.165) is 40.3 Å². The van der Waals surface area contributed by atoms with E-state index in [9.17, 15) is 0 Å². The predicted octanol–water partition coefficient (Wildman–Crippen LogP) is 5.38. The van der Waals surface area contributed by atoms with Crippen LogP contribution in [0, 0.1) is 5.92 Å². The standard InChI is InChI=1S/C20H22N2OS2/c1-14-8-9-16-17(12-14)25-20-18(16)19(21-13-22-20)24-11-5-10-23-15-6-3-2-4-7-15/h2-4,6-7,13-14H,5,8-12H2,1H3/t14-/m0/s1. The van der Waals surface area contributed by atoms with Crippen LogP contribution in [0.5, 0.6) is 5.75 Å². The molecule has 0 saturated carbocycles. The first-order valence-corrected chi connectivity index (χ1v) is 10.7. The lowest BCUT2D eigenvalue weighted by molar-refractivity contribution is 0.318. The van der Waals surface area contributed by atoms with E-state index in [4.69, 9.17) is 4.74 Å². The van der Waals surface area contributed by atoms with Gasteiger partial charge < -0.3 is 4.74 Å². The molecule has 1 aliphatic carbocycles. The summed E-state index contributed by atoms with van der Waals surface area (Å²) >= 11 is 3.71. The average molecular weight is 371 g/mol. The van der Waals surface area contributed by atoms with E-state index < -0.39 is 0 Å². The van der Waals surface area contributed by atoms with Gasteiger partial charge in [-0.05, 0) is 49.3 Å². The minimum atomic E-state index is 0.741. The van der Waals surface area contributed by atoms with Gasteiger partial charge in [-0.25, -0.2) is 9.97 Å². The fourth-order valence-corrected chi connectivity index (χ4v) is 5.65. The molecule has 1 aliphatic rings. The molecule has 130 valence electrons. The van der Waals surface area contributed by atoms with E-state index in [1.165, 1.54) is 35.1 Å². The molecule has 0 saturated heterocycles. The maximum atomic E-state index is 5.77. The Morgan fingerprint density at radius 3 is 3.00 bits per heavy atom. The van der Waals surface area contributed by atoms with Crippen LogP contribution < -0.4 is 4.74 Å². The van der Waals surface area contributed by atoms with Crippen molar-refractivity contribution in [3.05, 3.63) is 47.1 Å². The van der Waals surface area contributed by atoms with Crippen molar-refractivity contribution >= 4 is 33.3 Å². The van der Waals surface area contributed by atoms with Gasteiger partial charge >= 0.3 is 0 Å². The largest absolute Gasteiger partial charge is 0.494 e. The van der Waals surface area contributed by atoms with E-state index in [0.29, 0.717) is 0 Å². The monoisotopic (exact) mass is 370 g/mol. The fourth-order valence-electron chi connectivity index (χ4n) is 3.29. The number of hydrogen-bond acceptors (Lipinski definition) is 5. The van der Waals surface area contributed by atoms with E-state index >= 15 is 0 Å². The normalized spacial score (nSPS) is 16.8. The van der Waals surface area contributed by atoms with Crippen molar-refractivity contribution in [2.75, 3.05) is 12.4 Å². The Balaban J connectivity index is 1.40. The van der Waals surface area contributed by atoms with Gasteiger partial charge in [-0.2, -0.15) is 0 Å². The quantitative estimate of drug-likeness (QED) is 0.332. The van der Waals surface area contributed by atoms with Crippen molar-refractivity contribution in [3.8, 4) is 5.75 Å². The predicted molar refractivity (Wildman–Crippen MR) is 106 cm³/mol. The van der Waals surface area contributed by atoms with E-state index in [1.807, 2.05) is 53.4 Å². The Morgan fingerprint density at radius 1 is 1.24 bits per heavy atom. The summed E-state index contributed by atoms with van der Waals surface area (Å²) in [7, 11) is 0. The molecule has 1 aromatic carbocycles. The molecule has 0 bridgehead atoms. The Morgan fingerprint density at radius 2 is 2.12 bits per heavy atom. The molecular weight excluding hydrogens is 348 g/mol. The second-order valence-electron chi connectivity index (χ2n) is 6.57. The summed E-state index contributed by atoms with van der Waals surface area (Å²) in [6, 6.07) is 10.0. The minimum Gasteiger partial charge on any atom is -0.494 e. The number of benzene rings is 1. The fraction of sp³-hybridized carbons (Fsp3) is 0.400. The molecule has 25 heavy (non-hydrogen) atoms. The molecule has 4 rings (SSSR count). The third kappa shape index (κ3) is 3.82. The number of thiophene rings is 1. The highest BCUT2D eigenvalue weighted by molar-refractivity contribution is 7.99. The number of hydrogen-bond donors (Lipinski definition) is 0. The van der Waals surface area contributed by atoms with Gasteiger partial charge in [-0.1, -0.05) is 25.1 Å². The topological polar surface area (TPSA) is 35.0 Å². The lowest BCUT2D eigenvalue weighted by atomic mass is 9.89. The SMILES string of the molecule is C[C@H]1CCc2c(sc3ncnc(SCCCOc4ccccc4)c23)C1. The number of rotatable bonds is 6. The Bertz CT molecular complexity index is 848. The maximum absolute atomic E-state index is 5.77. The lowest BCUT2D eigenvalue weighted by Crippen LogP contribution is -2.08. The molecule has 0 spiro atoms. The average Bonchev–Trinajstić information content (AvgIpc) is 3.00. The molecule has 0 unspecified atom stereocenters. The summed E-state index contributed by atoms with van der Waals surface area (Å²) in [6.07, 6.45) is 6.38. The first-order chi connectivity index (χ1) is 12.3. The van der Waals surface area contributed by atoms with Crippen LogP contribution in [-0.2, 0) is 12.8 Å². The molecule has 3 aromatic rings. The number of nitrogens with zero attached hydrogens (tertiary/aromatic N) is 2. The molecule has 0 radical (unpaired) electrons. The van der Waals surface area contributed by atoms with E-state index in [2.05, 4.69) is 16.9 Å². The maximum Gasteiger partial charge on any atom is 0.128 e. The second kappa shape index (κ2) is 7.75. The highest BCUT2D eigenvalue weighted by atomic mass is 32.2. The van der Waals surface area contributed by atoms with Crippen LogP contribution in [0.2, 0.25) is 0 Å². The smallest absolute Gasteiger partial charge is 0.128 e. The van der Waals surface area contributed by atoms with Crippen LogP contribution in [0.4, 0.5) is 0 Å². The molecule has 2 heterocycles. The summed E-state index contributed by atoms with van der Waals surface area (Å²) < 4.78 is 5.77. The van der Waals surface area contributed by atoms with Crippen LogP contribution >= 0.6 is 23.1 Å². The second-order valence-corrected chi connectivity index (χ2v) is 8.74. The summed E-state index contributed by atoms with van der Waals surface area (Å²) in [5.74, 6) is 2.75. The first kappa shape index (κ1) is 16.9. The van der Waals surface area contributed by atoms with E-state index in [-0.39, 0.29) is 0 Å². The van der Waals surface area contributed by atoms with Crippen LogP contribution in [-0.4, -0.2) is 22.3 Å². The molecule has 0 N–H and O–H groups in total. The van der Waals surface area contributed by atoms with Gasteiger partial charge in [-0.15, -0.1) is 23.1 Å². The van der Waals surface area contributed by atoms with Gasteiger partial charge in [-0.3, -0.25) is 0 Å². The molecule has 0 fully saturated rings. The number of ether oxygens (including phenoxy) is 1. The number of para-hydroxylation sites is 1. The van der Waals surface area contributed by atoms with Crippen LogP contribution in [0.1, 0.15) is 30.2 Å². The van der Waals surface area contributed by atoms with Crippen LogP contribution in [0.15, 0.2) is 41.7 Å². The van der Waals surface area contributed by atoms with Crippen LogP contribution in [0.3, 0.4) is 0 Å². The molecule has 5 heteroatoms. The summed E-state index contributed by atoms with van der Waals surface area (Å²) in [4.78, 5) is 11.8. The summed E-state index contributed by atoms with van der Waals surface area (Å²) in [5.41, 5.74) is 1.52. The van der Waals surface area contributed by atoms with Crippen molar-refractivity contribution in [1.82, 2.24) is 9.97 Å². The molecule has 0 aliphatic heterocycles. The van der Waals surface area contributed by atoms with Crippen LogP contribution in [0.25, 0.3) is 10.2 Å². The van der Waals surface area contributed by atoms with Crippen molar-refractivity contribution in [1.29, 1.82) is 0 Å². The molecule has 0 amide bonds. The number of thioether (sulfide) groups is 1. The minimum absolute atomic E-state index is 0.741.